The van der Waals surface area contributed by atoms with Crippen molar-refractivity contribution < 1.29 is 0 Å². The lowest BCUT2D eigenvalue weighted by atomic mass is 10.0. The van der Waals surface area contributed by atoms with Gasteiger partial charge in [0.2, 0.25) is 0 Å². The summed E-state index contributed by atoms with van der Waals surface area (Å²) in [5.74, 6) is 0. The molecule has 0 amide bonds. The maximum absolute atomic E-state index is 2.48. The molecule has 0 spiro atoms. The fraction of sp³-hybridized carbons (Fsp3) is 0.200. The van der Waals surface area contributed by atoms with Crippen LogP contribution in [0.15, 0.2) is 72.4 Å². The van der Waals surface area contributed by atoms with Crippen molar-refractivity contribution in [1.82, 2.24) is 0 Å². The predicted octanol–water partition coefficient (Wildman–Crippen LogP) is 5.39. The van der Waals surface area contributed by atoms with Crippen LogP contribution in [0.25, 0.3) is 17.2 Å². The molecule has 0 aromatic heterocycles. The second-order valence-electron chi connectivity index (χ2n) is 8.38. The predicted molar refractivity (Wildman–Crippen MR) is 124 cm³/mol. The van der Waals surface area contributed by atoms with Crippen LogP contribution in [0.2, 0.25) is 26.2 Å². The number of hydrogen-bond donors (Lipinski definition) is 0. The van der Waals surface area contributed by atoms with Gasteiger partial charge in [-0.15, -0.1) is 0 Å². The van der Waals surface area contributed by atoms with Crippen molar-refractivity contribution in [2.24, 2.45) is 0 Å². The monoisotopic (exact) mass is 383 g/mol. The lowest BCUT2D eigenvalue weighted by molar-refractivity contribution is 1.26. The Morgan fingerprint density at radius 2 is 1.52 bits per heavy atom. The van der Waals surface area contributed by atoms with Crippen molar-refractivity contribution in [2.75, 3.05) is 0 Å². The van der Waals surface area contributed by atoms with E-state index in [-0.39, 0.29) is 8.80 Å². The van der Waals surface area contributed by atoms with Crippen molar-refractivity contribution in [3.8, 4) is 11.1 Å². The molecule has 1 aliphatic rings. The van der Waals surface area contributed by atoms with Gasteiger partial charge in [-0.25, -0.2) is 0 Å². The van der Waals surface area contributed by atoms with Gasteiger partial charge in [0.25, 0.3) is 0 Å². The molecule has 0 aliphatic heterocycles. The number of rotatable bonds is 4. The minimum Gasteiger partial charge on any atom is -0.0897 e. The highest BCUT2D eigenvalue weighted by Crippen LogP contribution is 2.36. The van der Waals surface area contributed by atoms with Crippen LogP contribution >= 0.6 is 0 Å². The van der Waals surface area contributed by atoms with Crippen molar-refractivity contribution in [2.45, 2.75) is 32.6 Å². The van der Waals surface area contributed by atoms with Crippen LogP contribution in [0, 0.1) is 0 Å². The first-order valence-corrected chi connectivity index (χ1v) is 15.3. The van der Waals surface area contributed by atoms with Gasteiger partial charge in [0.05, 0.1) is 8.80 Å². The Bertz CT molecular complexity index is 995. The van der Waals surface area contributed by atoms with Crippen LogP contribution in [0.5, 0.6) is 0 Å². The summed E-state index contributed by atoms with van der Waals surface area (Å²) in [5.41, 5.74) is 9.54. The Kier molecular flexibility index (Phi) is 4.79. The Morgan fingerprint density at radius 1 is 0.815 bits per heavy atom. The van der Waals surface area contributed by atoms with Crippen LogP contribution in [-0.4, -0.2) is 16.9 Å². The molecule has 0 nitrogen and oxygen atoms in total. The summed E-state index contributed by atoms with van der Waals surface area (Å²) >= 11 is 0. The Labute approximate surface area is 166 Å². The van der Waals surface area contributed by atoms with Gasteiger partial charge in [0.1, 0.15) is 8.07 Å². The van der Waals surface area contributed by atoms with Gasteiger partial charge < -0.3 is 0 Å². The van der Waals surface area contributed by atoms with E-state index in [9.17, 15) is 0 Å². The van der Waals surface area contributed by atoms with E-state index in [1.807, 2.05) is 0 Å². The molecule has 135 valence electrons. The van der Waals surface area contributed by atoms with E-state index in [0.29, 0.717) is 0 Å². The normalized spacial score (nSPS) is 13.2. The summed E-state index contributed by atoms with van der Waals surface area (Å²) in [4.78, 5) is 0. The molecule has 3 aromatic carbocycles. The summed E-state index contributed by atoms with van der Waals surface area (Å²) in [6.45, 7) is 9.58. The largest absolute Gasteiger partial charge is 0.104 e. The summed E-state index contributed by atoms with van der Waals surface area (Å²) in [6, 6.07) is 25.2. The van der Waals surface area contributed by atoms with Crippen LogP contribution < -0.4 is 10.4 Å². The molecule has 0 N–H and O–H groups in total. The van der Waals surface area contributed by atoms with E-state index in [1.165, 1.54) is 38.2 Å². The van der Waals surface area contributed by atoms with E-state index in [1.54, 1.807) is 0 Å². The zero-order valence-corrected chi connectivity index (χ0v) is 18.7. The third-order valence-corrected chi connectivity index (χ3v) is 10.0. The highest BCUT2D eigenvalue weighted by molar-refractivity contribution is 6.94. The standard InChI is InChI=1S/C25H27Si2/c1-26(2)22-10-12-23(13-11-22)27(3,4)16-15-19-9-14-25-21(17-19)18-20-7-5-6-8-24(20)25/h5-17H,18H2,1-4H3/b16-15+. The van der Waals surface area contributed by atoms with E-state index in [0.717, 1.165) is 6.42 Å². The van der Waals surface area contributed by atoms with Gasteiger partial charge >= 0.3 is 0 Å². The summed E-state index contributed by atoms with van der Waals surface area (Å²) in [6.07, 6.45) is 3.41. The zero-order valence-electron chi connectivity index (χ0n) is 16.7. The topological polar surface area (TPSA) is 0 Å². The number of fused-ring (bicyclic) bond motifs is 3. The number of hydrogen-bond acceptors (Lipinski definition) is 0. The Balaban J connectivity index is 1.57. The van der Waals surface area contributed by atoms with Crippen LogP contribution in [0.3, 0.4) is 0 Å². The second kappa shape index (κ2) is 7.10. The average Bonchev–Trinajstić information content (AvgIpc) is 3.04. The summed E-state index contributed by atoms with van der Waals surface area (Å²) in [5, 5.41) is 3.04. The molecule has 0 heterocycles. The van der Waals surface area contributed by atoms with Gasteiger partial charge in [-0.3, -0.25) is 0 Å². The minimum atomic E-state index is -1.58. The summed E-state index contributed by atoms with van der Waals surface area (Å²) in [7, 11) is -1.94. The van der Waals surface area contributed by atoms with E-state index >= 15 is 0 Å². The van der Waals surface area contributed by atoms with Crippen LogP contribution in [0.4, 0.5) is 0 Å². The van der Waals surface area contributed by atoms with Crippen LogP contribution in [0.1, 0.15) is 16.7 Å². The highest BCUT2D eigenvalue weighted by Gasteiger charge is 2.21. The fourth-order valence-corrected chi connectivity index (χ4v) is 6.56. The molecule has 4 rings (SSSR count). The SMILES string of the molecule is C[Si](C)c1ccc([Si](C)(C)/C=C/c2ccc3c(c2)Cc2ccccc2-3)cc1. The highest BCUT2D eigenvalue weighted by atomic mass is 28.3. The van der Waals surface area contributed by atoms with Gasteiger partial charge in [0, 0.05) is 0 Å². The van der Waals surface area contributed by atoms with Gasteiger partial charge in [-0.05, 0) is 34.2 Å². The van der Waals surface area contributed by atoms with Gasteiger partial charge in [-0.1, -0.05) is 115 Å². The molecule has 1 aliphatic carbocycles. The average molecular weight is 384 g/mol. The van der Waals surface area contributed by atoms with Crippen molar-refractivity contribution in [3.63, 3.8) is 0 Å². The maximum Gasteiger partial charge on any atom is 0.104 e. The molecule has 3 aromatic rings. The van der Waals surface area contributed by atoms with Crippen molar-refractivity contribution >= 4 is 33.3 Å². The second-order valence-corrected chi connectivity index (χ2v) is 15.3. The first-order valence-electron chi connectivity index (χ1n) is 9.75. The van der Waals surface area contributed by atoms with Crippen LogP contribution in [-0.2, 0) is 6.42 Å². The van der Waals surface area contributed by atoms with Gasteiger partial charge in [-0.2, -0.15) is 0 Å². The minimum absolute atomic E-state index is 0.359. The maximum atomic E-state index is 2.48. The Morgan fingerprint density at radius 3 is 2.26 bits per heavy atom. The first-order chi connectivity index (χ1) is 12.9. The van der Waals surface area contributed by atoms with E-state index < -0.39 is 8.07 Å². The molecule has 0 saturated heterocycles. The molecule has 0 unspecified atom stereocenters. The van der Waals surface area contributed by atoms with E-state index in [4.69, 9.17) is 0 Å². The van der Waals surface area contributed by atoms with Crippen molar-refractivity contribution in [3.05, 3.63) is 89.1 Å². The molecular formula is C25H27Si2. The van der Waals surface area contributed by atoms with E-state index in [2.05, 4.69) is 105 Å². The summed E-state index contributed by atoms with van der Waals surface area (Å²) < 4.78 is 0. The molecule has 0 bridgehead atoms. The lowest BCUT2D eigenvalue weighted by Gasteiger charge is -2.19. The zero-order chi connectivity index (χ0) is 19.0. The first kappa shape index (κ1) is 18.2. The van der Waals surface area contributed by atoms with Crippen molar-refractivity contribution in [1.29, 1.82) is 0 Å². The molecular weight excluding hydrogens is 356 g/mol. The molecule has 2 heteroatoms. The molecule has 0 atom stereocenters. The smallest absolute Gasteiger partial charge is 0.0897 e. The third kappa shape index (κ3) is 3.64. The molecule has 0 saturated carbocycles. The lowest BCUT2D eigenvalue weighted by Crippen LogP contribution is -2.40. The Hall–Kier alpha value is -2.17. The molecule has 27 heavy (non-hydrogen) atoms. The fourth-order valence-electron chi connectivity index (χ4n) is 3.90. The molecule has 0 fully saturated rings. The number of benzene rings is 3. The third-order valence-electron chi connectivity index (χ3n) is 5.72. The van der Waals surface area contributed by atoms with Gasteiger partial charge in [0.15, 0.2) is 0 Å². The molecule has 1 radical (unpaired) electrons. The quantitative estimate of drug-likeness (QED) is 0.415.